The summed E-state index contributed by atoms with van der Waals surface area (Å²) < 4.78 is 5.92. The third-order valence-corrected chi connectivity index (χ3v) is 1.52. The van der Waals surface area contributed by atoms with Crippen molar-refractivity contribution in [2.75, 3.05) is 6.61 Å². The molecule has 0 aromatic carbocycles. The first-order valence-corrected chi connectivity index (χ1v) is 3.83. The quantitative estimate of drug-likeness (QED) is 0.721. The van der Waals surface area contributed by atoms with E-state index >= 15 is 0 Å². The Morgan fingerprint density at radius 2 is 2.55 bits per heavy atom. The van der Waals surface area contributed by atoms with Crippen molar-refractivity contribution < 1.29 is 4.74 Å². The normalized spacial score (nSPS) is 9.18. The summed E-state index contributed by atoms with van der Waals surface area (Å²) in [6.07, 6.45) is 4.73. The van der Waals surface area contributed by atoms with Gasteiger partial charge in [0.05, 0.1) is 4.47 Å². The zero-order chi connectivity index (χ0) is 8.10. The lowest BCUT2D eigenvalue weighted by atomic mass is 10.6. The Morgan fingerprint density at radius 3 is 3.18 bits per heavy atom. The Balaban J connectivity index is 2.69. The van der Waals surface area contributed by atoms with Crippen LogP contribution in [0.3, 0.4) is 0 Å². The molecule has 0 spiro atoms. The van der Waals surface area contributed by atoms with Crippen LogP contribution >= 0.6 is 15.9 Å². The van der Waals surface area contributed by atoms with Crippen molar-refractivity contribution in [1.29, 1.82) is 0 Å². The lowest BCUT2D eigenvalue weighted by Crippen LogP contribution is -1.96. The van der Waals surface area contributed by atoms with Gasteiger partial charge in [0, 0.05) is 6.20 Å². The van der Waals surface area contributed by atoms with Gasteiger partial charge in [-0.05, 0) is 15.9 Å². The van der Waals surface area contributed by atoms with Gasteiger partial charge in [-0.15, -0.1) is 0 Å². The highest BCUT2D eigenvalue weighted by Crippen LogP contribution is 2.19. The molecule has 0 radical (unpaired) electrons. The maximum Gasteiger partial charge on any atom is 0.231 e. The number of rotatable bonds is 3. The fourth-order valence-electron chi connectivity index (χ4n) is 0.546. The summed E-state index contributed by atoms with van der Waals surface area (Å²) in [6.45, 7) is 3.98. The predicted molar refractivity (Wildman–Crippen MR) is 45.4 cm³/mol. The van der Waals surface area contributed by atoms with Gasteiger partial charge >= 0.3 is 0 Å². The molecule has 0 amide bonds. The van der Waals surface area contributed by atoms with Crippen LogP contribution in [0.25, 0.3) is 0 Å². The summed E-state index contributed by atoms with van der Waals surface area (Å²) in [4.78, 5) is 7.68. The molecule has 0 aliphatic rings. The Kier molecular flexibility index (Phi) is 3.04. The summed E-state index contributed by atoms with van der Waals surface area (Å²) in [5.41, 5.74) is 0. The van der Waals surface area contributed by atoms with Gasteiger partial charge in [-0.2, -0.15) is 0 Å². The summed E-state index contributed by atoms with van der Waals surface area (Å²) in [6, 6.07) is 0. The molecule has 0 fully saturated rings. The highest BCUT2D eigenvalue weighted by atomic mass is 79.9. The van der Waals surface area contributed by atoms with Crippen LogP contribution in [0.5, 0.6) is 5.88 Å². The molecule has 0 N–H and O–H groups in total. The minimum absolute atomic E-state index is 0.454. The van der Waals surface area contributed by atoms with E-state index in [1.54, 1.807) is 12.3 Å². The van der Waals surface area contributed by atoms with Crippen molar-refractivity contribution in [3.8, 4) is 5.88 Å². The highest BCUT2D eigenvalue weighted by molar-refractivity contribution is 9.10. The zero-order valence-corrected chi connectivity index (χ0v) is 7.41. The van der Waals surface area contributed by atoms with Gasteiger partial charge < -0.3 is 4.74 Å². The number of aromatic nitrogens is 2. The number of hydrogen-bond donors (Lipinski definition) is 0. The van der Waals surface area contributed by atoms with Crippen LogP contribution in [-0.2, 0) is 0 Å². The first-order valence-electron chi connectivity index (χ1n) is 3.04. The predicted octanol–water partition coefficient (Wildman–Crippen LogP) is 1.80. The minimum atomic E-state index is 0.454. The maximum atomic E-state index is 5.17. The van der Waals surface area contributed by atoms with Gasteiger partial charge in [0.25, 0.3) is 0 Å². The fraction of sp³-hybridized carbons (Fsp3) is 0.143. The van der Waals surface area contributed by atoms with Crippen molar-refractivity contribution in [3.05, 3.63) is 29.7 Å². The first kappa shape index (κ1) is 8.20. The molecular formula is C7H7BrN2O. The first-order chi connectivity index (χ1) is 5.34. The number of hydrogen-bond acceptors (Lipinski definition) is 3. The highest BCUT2D eigenvalue weighted by Gasteiger charge is 1.98. The van der Waals surface area contributed by atoms with E-state index in [2.05, 4.69) is 32.5 Å². The van der Waals surface area contributed by atoms with Gasteiger partial charge in [-0.1, -0.05) is 12.7 Å². The Bertz CT molecular complexity index is 252. The standard InChI is InChI=1S/C7H7BrN2O/c1-2-3-11-7-6(8)4-9-5-10-7/h2,4-5H,1,3H2. The molecule has 1 heterocycles. The van der Waals surface area contributed by atoms with Crippen molar-refractivity contribution in [3.63, 3.8) is 0 Å². The summed E-state index contributed by atoms with van der Waals surface area (Å²) in [5, 5.41) is 0. The van der Waals surface area contributed by atoms with E-state index in [1.807, 2.05) is 0 Å². The van der Waals surface area contributed by atoms with E-state index in [1.165, 1.54) is 6.33 Å². The van der Waals surface area contributed by atoms with E-state index < -0.39 is 0 Å². The second-order valence-electron chi connectivity index (χ2n) is 1.78. The topological polar surface area (TPSA) is 35.0 Å². The average Bonchev–Trinajstić information content (AvgIpc) is 2.03. The molecule has 58 valence electrons. The van der Waals surface area contributed by atoms with Crippen LogP contribution < -0.4 is 4.74 Å². The van der Waals surface area contributed by atoms with Crippen LogP contribution in [0.2, 0.25) is 0 Å². The molecule has 0 unspecified atom stereocenters. The second kappa shape index (κ2) is 4.08. The average molecular weight is 215 g/mol. The van der Waals surface area contributed by atoms with Gasteiger partial charge in [-0.3, -0.25) is 0 Å². The Hall–Kier alpha value is -0.900. The molecule has 1 aromatic rings. The molecule has 0 aliphatic carbocycles. The lowest BCUT2D eigenvalue weighted by Gasteiger charge is -2.01. The zero-order valence-electron chi connectivity index (χ0n) is 5.83. The van der Waals surface area contributed by atoms with Crippen LogP contribution in [0.15, 0.2) is 29.7 Å². The largest absolute Gasteiger partial charge is 0.473 e. The Labute approximate surface area is 73.3 Å². The fourth-order valence-corrected chi connectivity index (χ4v) is 0.881. The molecule has 3 nitrogen and oxygen atoms in total. The van der Waals surface area contributed by atoms with Gasteiger partial charge in [0.1, 0.15) is 12.9 Å². The molecule has 0 saturated heterocycles. The molecular weight excluding hydrogens is 208 g/mol. The van der Waals surface area contributed by atoms with Crippen molar-refractivity contribution in [2.45, 2.75) is 0 Å². The van der Waals surface area contributed by atoms with Crippen LogP contribution in [0.1, 0.15) is 0 Å². The molecule has 1 aromatic heterocycles. The van der Waals surface area contributed by atoms with Crippen molar-refractivity contribution in [1.82, 2.24) is 9.97 Å². The molecule has 0 bridgehead atoms. The van der Waals surface area contributed by atoms with Crippen molar-refractivity contribution >= 4 is 15.9 Å². The number of ether oxygens (including phenoxy) is 1. The number of nitrogens with zero attached hydrogens (tertiary/aromatic N) is 2. The van der Waals surface area contributed by atoms with Crippen molar-refractivity contribution in [2.24, 2.45) is 0 Å². The number of halogens is 1. The van der Waals surface area contributed by atoms with Gasteiger partial charge in [-0.25, -0.2) is 9.97 Å². The van der Waals surface area contributed by atoms with E-state index in [-0.39, 0.29) is 0 Å². The van der Waals surface area contributed by atoms with Crippen LogP contribution in [0.4, 0.5) is 0 Å². The monoisotopic (exact) mass is 214 g/mol. The molecule has 0 atom stereocenters. The molecule has 0 saturated carbocycles. The van der Waals surface area contributed by atoms with E-state index in [0.29, 0.717) is 12.5 Å². The maximum absolute atomic E-state index is 5.17. The van der Waals surface area contributed by atoms with Crippen LogP contribution in [0, 0.1) is 0 Å². The molecule has 11 heavy (non-hydrogen) atoms. The van der Waals surface area contributed by atoms with E-state index in [0.717, 1.165) is 4.47 Å². The van der Waals surface area contributed by atoms with Crippen LogP contribution in [-0.4, -0.2) is 16.6 Å². The lowest BCUT2D eigenvalue weighted by molar-refractivity contribution is 0.345. The van der Waals surface area contributed by atoms with E-state index in [9.17, 15) is 0 Å². The minimum Gasteiger partial charge on any atom is -0.473 e. The summed E-state index contributed by atoms with van der Waals surface area (Å²) in [7, 11) is 0. The summed E-state index contributed by atoms with van der Waals surface area (Å²) in [5.74, 6) is 0.542. The second-order valence-corrected chi connectivity index (χ2v) is 2.63. The summed E-state index contributed by atoms with van der Waals surface area (Å²) >= 11 is 3.24. The van der Waals surface area contributed by atoms with Gasteiger partial charge in [0.15, 0.2) is 0 Å². The SMILES string of the molecule is C=CCOc1ncncc1Br. The molecule has 1 rings (SSSR count). The third kappa shape index (κ3) is 2.31. The van der Waals surface area contributed by atoms with E-state index in [4.69, 9.17) is 4.74 Å². The molecule has 4 heteroatoms. The molecule has 0 aliphatic heterocycles. The van der Waals surface area contributed by atoms with Gasteiger partial charge in [0.2, 0.25) is 5.88 Å². The third-order valence-electron chi connectivity index (χ3n) is 0.972. The smallest absolute Gasteiger partial charge is 0.231 e. The Morgan fingerprint density at radius 1 is 1.73 bits per heavy atom.